The maximum absolute atomic E-state index is 3.67. The molecule has 0 bridgehead atoms. The summed E-state index contributed by atoms with van der Waals surface area (Å²) in [6.45, 7) is 3.29. The molecule has 1 aliphatic heterocycles. The Bertz CT molecular complexity index is 347. The molecule has 0 saturated carbocycles. The lowest BCUT2D eigenvalue weighted by Gasteiger charge is -2.26. The van der Waals surface area contributed by atoms with Gasteiger partial charge in [0.15, 0.2) is 0 Å². The highest BCUT2D eigenvalue weighted by Gasteiger charge is 2.19. The van der Waals surface area contributed by atoms with Gasteiger partial charge >= 0.3 is 0 Å². The highest BCUT2D eigenvalue weighted by Crippen LogP contribution is 2.29. The van der Waals surface area contributed by atoms with Gasteiger partial charge < -0.3 is 5.32 Å². The summed E-state index contributed by atoms with van der Waals surface area (Å²) >= 11 is 7.65. The Morgan fingerprint density at radius 1 is 1.44 bits per heavy atom. The van der Waals surface area contributed by atoms with E-state index in [2.05, 4.69) is 51.4 Å². The zero-order chi connectivity index (χ0) is 12.8. The summed E-state index contributed by atoms with van der Waals surface area (Å²) in [6.07, 6.45) is 5.35. The second-order valence-corrected chi connectivity index (χ2v) is 8.02. The molecule has 1 nitrogen and oxygen atoms in total. The van der Waals surface area contributed by atoms with Crippen molar-refractivity contribution >= 4 is 39.0 Å². The van der Waals surface area contributed by atoms with E-state index in [9.17, 15) is 0 Å². The van der Waals surface area contributed by atoms with Gasteiger partial charge in [0, 0.05) is 15.4 Å². The third kappa shape index (κ3) is 4.55. The molecule has 1 aromatic heterocycles. The molecule has 0 amide bonds. The fourth-order valence-electron chi connectivity index (χ4n) is 2.61. The minimum atomic E-state index is 0.651. The van der Waals surface area contributed by atoms with E-state index in [0.29, 0.717) is 6.04 Å². The number of nitrogens with one attached hydrogen (secondary N) is 1. The Hall–Kier alpha value is 0.490. The van der Waals surface area contributed by atoms with E-state index in [-0.39, 0.29) is 0 Å². The number of rotatable bonds is 6. The van der Waals surface area contributed by atoms with Crippen LogP contribution in [-0.4, -0.2) is 24.1 Å². The molecule has 1 aromatic rings. The van der Waals surface area contributed by atoms with E-state index in [4.69, 9.17) is 0 Å². The third-order valence-corrected chi connectivity index (χ3v) is 6.57. The van der Waals surface area contributed by atoms with Crippen LogP contribution in [0.3, 0.4) is 0 Å². The van der Waals surface area contributed by atoms with Gasteiger partial charge in [-0.15, -0.1) is 11.3 Å². The van der Waals surface area contributed by atoms with Gasteiger partial charge in [-0.1, -0.05) is 6.92 Å². The van der Waals surface area contributed by atoms with Crippen LogP contribution in [0.1, 0.15) is 31.1 Å². The molecule has 0 aromatic carbocycles. The largest absolute Gasteiger partial charge is 0.314 e. The summed E-state index contributed by atoms with van der Waals surface area (Å²) in [5, 5.41) is 5.85. The second-order valence-electron chi connectivity index (χ2n) is 4.94. The monoisotopic (exact) mass is 347 g/mol. The van der Waals surface area contributed by atoms with Crippen molar-refractivity contribution in [2.75, 3.05) is 18.1 Å². The molecule has 18 heavy (non-hydrogen) atoms. The molecule has 2 rings (SSSR count). The summed E-state index contributed by atoms with van der Waals surface area (Å²) in [5.74, 6) is 3.67. The van der Waals surface area contributed by atoms with Gasteiger partial charge in [0.05, 0.1) is 0 Å². The van der Waals surface area contributed by atoms with Crippen molar-refractivity contribution in [1.29, 1.82) is 0 Å². The van der Waals surface area contributed by atoms with Gasteiger partial charge in [-0.05, 0) is 77.0 Å². The van der Waals surface area contributed by atoms with Crippen molar-refractivity contribution in [2.45, 2.75) is 38.6 Å². The fourth-order valence-corrected chi connectivity index (χ4v) is 5.41. The first-order chi connectivity index (χ1) is 8.79. The van der Waals surface area contributed by atoms with E-state index < -0.39 is 0 Å². The van der Waals surface area contributed by atoms with E-state index in [1.807, 2.05) is 11.3 Å². The number of thioether (sulfide) groups is 1. The number of likely N-dealkylation sites (N-methyl/N-ethyl adjacent to an activating group) is 1. The highest BCUT2D eigenvalue weighted by atomic mass is 79.9. The predicted molar refractivity (Wildman–Crippen MR) is 87.9 cm³/mol. The SMILES string of the molecule is CCNC(Cc1sccc1Br)CC1CCSCC1. The average molecular weight is 348 g/mol. The second kappa shape index (κ2) is 7.93. The molecule has 2 heterocycles. The van der Waals surface area contributed by atoms with Gasteiger partial charge in [-0.2, -0.15) is 11.8 Å². The number of thiophene rings is 1. The summed E-state index contributed by atoms with van der Waals surface area (Å²) in [4.78, 5) is 1.49. The zero-order valence-electron chi connectivity index (χ0n) is 11.0. The Morgan fingerprint density at radius 2 is 2.22 bits per heavy atom. The molecular formula is C14H22BrNS2. The molecule has 1 fully saturated rings. The summed E-state index contributed by atoms with van der Waals surface area (Å²) in [7, 11) is 0. The molecule has 102 valence electrons. The lowest BCUT2D eigenvalue weighted by Crippen LogP contribution is -2.33. The lowest BCUT2D eigenvalue weighted by atomic mass is 9.92. The summed E-state index contributed by atoms with van der Waals surface area (Å²) in [5.41, 5.74) is 0. The summed E-state index contributed by atoms with van der Waals surface area (Å²) < 4.78 is 1.29. The van der Waals surface area contributed by atoms with E-state index in [1.54, 1.807) is 0 Å². The fraction of sp³-hybridized carbons (Fsp3) is 0.714. The topological polar surface area (TPSA) is 12.0 Å². The first kappa shape index (κ1) is 14.9. The number of hydrogen-bond donors (Lipinski definition) is 1. The molecule has 1 aliphatic rings. The number of hydrogen-bond acceptors (Lipinski definition) is 3. The van der Waals surface area contributed by atoms with Gasteiger partial charge in [0.25, 0.3) is 0 Å². The van der Waals surface area contributed by atoms with Crippen molar-refractivity contribution in [2.24, 2.45) is 5.92 Å². The minimum Gasteiger partial charge on any atom is -0.314 e. The van der Waals surface area contributed by atoms with Crippen LogP contribution in [0.15, 0.2) is 15.9 Å². The maximum Gasteiger partial charge on any atom is 0.0314 e. The molecular weight excluding hydrogens is 326 g/mol. The van der Waals surface area contributed by atoms with E-state index in [0.717, 1.165) is 12.5 Å². The molecule has 1 unspecified atom stereocenters. The smallest absolute Gasteiger partial charge is 0.0314 e. The molecule has 0 spiro atoms. The van der Waals surface area contributed by atoms with Crippen LogP contribution >= 0.6 is 39.0 Å². The van der Waals surface area contributed by atoms with Crippen molar-refractivity contribution in [3.63, 3.8) is 0 Å². The van der Waals surface area contributed by atoms with Gasteiger partial charge in [-0.3, -0.25) is 0 Å². The first-order valence-electron chi connectivity index (χ1n) is 6.82. The van der Waals surface area contributed by atoms with Crippen LogP contribution in [0.2, 0.25) is 0 Å². The van der Waals surface area contributed by atoms with Crippen LogP contribution in [0.5, 0.6) is 0 Å². The third-order valence-electron chi connectivity index (χ3n) is 3.57. The van der Waals surface area contributed by atoms with Crippen molar-refractivity contribution in [3.8, 4) is 0 Å². The Morgan fingerprint density at radius 3 is 2.83 bits per heavy atom. The van der Waals surface area contributed by atoms with Crippen molar-refractivity contribution in [1.82, 2.24) is 5.32 Å². The summed E-state index contributed by atoms with van der Waals surface area (Å²) in [6, 6.07) is 2.82. The zero-order valence-corrected chi connectivity index (χ0v) is 14.2. The lowest BCUT2D eigenvalue weighted by molar-refractivity contribution is 0.367. The van der Waals surface area contributed by atoms with Crippen molar-refractivity contribution in [3.05, 3.63) is 20.8 Å². The van der Waals surface area contributed by atoms with Crippen LogP contribution in [0, 0.1) is 5.92 Å². The van der Waals surface area contributed by atoms with Crippen LogP contribution in [-0.2, 0) is 6.42 Å². The molecule has 1 saturated heterocycles. The van der Waals surface area contributed by atoms with E-state index >= 15 is 0 Å². The quantitative estimate of drug-likeness (QED) is 0.809. The Balaban J connectivity index is 1.88. The molecule has 1 atom stereocenters. The van der Waals surface area contributed by atoms with Crippen LogP contribution in [0.25, 0.3) is 0 Å². The van der Waals surface area contributed by atoms with Crippen LogP contribution < -0.4 is 5.32 Å². The van der Waals surface area contributed by atoms with Gasteiger partial charge in [0.2, 0.25) is 0 Å². The highest BCUT2D eigenvalue weighted by molar-refractivity contribution is 9.10. The van der Waals surface area contributed by atoms with Gasteiger partial charge in [0.1, 0.15) is 0 Å². The van der Waals surface area contributed by atoms with Crippen LogP contribution in [0.4, 0.5) is 0 Å². The molecule has 0 aliphatic carbocycles. The molecule has 1 N–H and O–H groups in total. The molecule has 4 heteroatoms. The maximum atomic E-state index is 3.67. The van der Waals surface area contributed by atoms with Crippen molar-refractivity contribution < 1.29 is 0 Å². The Labute approximate surface area is 127 Å². The number of halogens is 1. The Kier molecular flexibility index (Phi) is 6.56. The van der Waals surface area contributed by atoms with E-state index in [1.165, 1.54) is 46.5 Å². The predicted octanol–water partition coefficient (Wildman–Crippen LogP) is 4.56. The minimum absolute atomic E-state index is 0.651. The normalized spacial score (nSPS) is 19.0. The van der Waals surface area contributed by atoms with Gasteiger partial charge in [-0.25, -0.2) is 0 Å². The standard InChI is InChI=1S/C14H22BrNS2/c1-2-16-12(9-11-3-6-17-7-4-11)10-14-13(15)5-8-18-14/h5,8,11-12,16H,2-4,6-7,9-10H2,1H3. The average Bonchev–Trinajstić information content (AvgIpc) is 2.77. The molecule has 0 radical (unpaired) electrons. The first-order valence-corrected chi connectivity index (χ1v) is 9.65.